The second-order valence-corrected chi connectivity index (χ2v) is 3.84. The normalized spacial score (nSPS) is 10.9. The lowest BCUT2D eigenvalue weighted by Crippen LogP contribution is -1.76. The van der Waals surface area contributed by atoms with Crippen LogP contribution in [0.25, 0.3) is 10.9 Å². The summed E-state index contributed by atoms with van der Waals surface area (Å²) in [7, 11) is 0. The Bertz CT molecular complexity index is 431. The number of hydrogen-bond donors (Lipinski definition) is 1. The number of fused-ring (bicyclic) bond motifs is 1. The van der Waals surface area contributed by atoms with Crippen molar-refractivity contribution in [2.45, 2.75) is 13.8 Å². The van der Waals surface area contributed by atoms with E-state index in [1.54, 1.807) is 0 Å². The monoisotopic (exact) mass is 224 g/mol. The molecule has 2 rings (SSSR count). The summed E-state index contributed by atoms with van der Waals surface area (Å²) in [6.07, 6.45) is 0. The Hall–Kier alpha value is -0.830. The van der Waals surface area contributed by atoms with Crippen LogP contribution in [0.15, 0.2) is 16.6 Å². The van der Waals surface area contributed by atoms with Gasteiger partial charge in [0.05, 0.1) is 5.52 Å². The average Bonchev–Trinajstić information content (AvgIpc) is 2.31. The van der Waals surface area contributed by atoms with E-state index in [1.165, 1.54) is 10.9 Å². The molecule has 0 aliphatic carbocycles. The van der Waals surface area contributed by atoms with Crippen LogP contribution in [-0.2, 0) is 0 Å². The van der Waals surface area contributed by atoms with Crippen molar-refractivity contribution in [3.63, 3.8) is 0 Å². The molecule has 0 aliphatic rings. The van der Waals surface area contributed by atoms with E-state index in [0.29, 0.717) is 0 Å². The molecule has 2 nitrogen and oxygen atoms in total. The lowest BCUT2D eigenvalue weighted by atomic mass is 10.1. The summed E-state index contributed by atoms with van der Waals surface area (Å²) in [5.74, 6) is 0. The Morgan fingerprint density at radius 3 is 2.83 bits per heavy atom. The molecule has 2 aromatic rings. The fraction of sp³-hybridized carbons (Fsp3) is 0.222. The topological polar surface area (TPSA) is 28.7 Å². The predicted octanol–water partition coefficient (Wildman–Crippen LogP) is 2.94. The summed E-state index contributed by atoms with van der Waals surface area (Å²) in [6, 6.07) is 4.18. The molecule has 1 N–H and O–H groups in total. The number of hydrogen-bond acceptors (Lipinski definition) is 1. The van der Waals surface area contributed by atoms with Crippen LogP contribution in [0, 0.1) is 13.8 Å². The van der Waals surface area contributed by atoms with Crippen molar-refractivity contribution in [1.82, 2.24) is 10.2 Å². The van der Waals surface area contributed by atoms with Crippen molar-refractivity contribution in [2.75, 3.05) is 0 Å². The van der Waals surface area contributed by atoms with Crippen molar-refractivity contribution < 1.29 is 0 Å². The van der Waals surface area contributed by atoms with E-state index in [9.17, 15) is 0 Å². The SMILES string of the molecule is Cc1cc(Br)c2c(C)[nH]nc2c1. The number of halogens is 1. The minimum absolute atomic E-state index is 1.03. The number of nitrogens with zero attached hydrogens (tertiary/aromatic N) is 1. The molecule has 12 heavy (non-hydrogen) atoms. The molecular weight excluding hydrogens is 216 g/mol. The van der Waals surface area contributed by atoms with E-state index in [4.69, 9.17) is 0 Å². The molecule has 0 spiro atoms. The van der Waals surface area contributed by atoms with Gasteiger partial charge in [-0.1, -0.05) is 15.9 Å². The molecule has 0 radical (unpaired) electrons. The summed E-state index contributed by atoms with van der Waals surface area (Å²) >= 11 is 3.52. The van der Waals surface area contributed by atoms with Gasteiger partial charge in [-0.15, -0.1) is 0 Å². The zero-order valence-electron chi connectivity index (χ0n) is 6.98. The maximum absolute atomic E-state index is 4.18. The summed E-state index contributed by atoms with van der Waals surface area (Å²) in [6.45, 7) is 4.09. The molecule has 1 aromatic carbocycles. The third-order valence-electron chi connectivity index (χ3n) is 1.93. The smallest absolute Gasteiger partial charge is 0.0937 e. The van der Waals surface area contributed by atoms with Crippen LogP contribution in [0.4, 0.5) is 0 Å². The second kappa shape index (κ2) is 2.59. The standard InChI is InChI=1S/C9H9BrN2/c1-5-3-7(10)9-6(2)11-12-8(9)4-5/h3-4H,1-2H3,(H,11,12). The highest BCUT2D eigenvalue weighted by Gasteiger charge is 2.05. The fourth-order valence-electron chi connectivity index (χ4n) is 1.38. The number of nitrogens with one attached hydrogen (secondary N) is 1. The van der Waals surface area contributed by atoms with Gasteiger partial charge in [-0.2, -0.15) is 5.10 Å². The van der Waals surface area contributed by atoms with E-state index >= 15 is 0 Å². The van der Waals surface area contributed by atoms with Gasteiger partial charge in [0.25, 0.3) is 0 Å². The molecule has 0 unspecified atom stereocenters. The zero-order valence-corrected chi connectivity index (χ0v) is 8.57. The highest BCUT2D eigenvalue weighted by atomic mass is 79.9. The van der Waals surface area contributed by atoms with E-state index < -0.39 is 0 Å². The first-order valence-corrected chi connectivity index (χ1v) is 4.58. The molecule has 0 saturated carbocycles. The van der Waals surface area contributed by atoms with Crippen LogP contribution < -0.4 is 0 Å². The van der Waals surface area contributed by atoms with E-state index in [0.717, 1.165) is 15.7 Å². The lowest BCUT2D eigenvalue weighted by molar-refractivity contribution is 1.07. The van der Waals surface area contributed by atoms with Crippen LogP contribution in [-0.4, -0.2) is 10.2 Å². The largest absolute Gasteiger partial charge is 0.282 e. The molecule has 0 atom stereocenters. The van der Waals surface area contributed by atoms with Crippen LogP contribution in [0.5, 0.6) is 0 Å². The van der Waals surface area contributed by atoms with E-state index in [1.807, 2.05) is 6.92 Å². The van der Waals surface area contributed by atoms with E-state index in [2.05, 4.69) is 45.2 Å². The highest BCUT2D eigenvalue weighted by Crippen LogP contribution is 2.26. The molecular formula is C9H9BrN2. The van der Waals surface area contributed by atoms with Gasteiger partial charge in [0.15, 0.2) is 0 Å². The molecule has 0 bridgehead atoms. The Morgan fingerprint density at radius 2 is 2.08 bits per heavy atom. The summed E-state index contributed by atoms with van der Waals surface area (Å²) in [4.78, 5) is 0. The Morgan fingerprint density at radius 1 is 1.33 bits per heavy atom. The quantitative estimate of drug-likeness (QED) is 0.733. The van der Waals surface area contributed by atoms with E-state index in [-0.39, 0.29) is 0 Å². The predicted molar refractivity (Wildman–Crippen MR) is 53.3 cm³/mol. The van der Waals surface area contributed by atoms with Crippen LogP contribution in [0.2, 0.25) is 0 Å². The zero-order chi connectivity index (χ0) is 8.72. The Balaban J connectivity index is 2.93. The van der Waals surface area contributed by atoms with Gasteiger partial charge in [0, 0.05) is 15.6 Å². The number of aromatic nitrogens is 2. The van der Waals surface area contributed by atoms with Crippen molar-refractivity contribution in [2.24, 2.45) is 0 Å². The van der Waals surface area contributed by atoms with Crippen molar-refractivity contribution in [3.8, 4) is 0 Å². The number of aromatic amines is 1. The van der Waals surface area contributed by atoms with Crippen molar-refractivity contribution in [3.05, 3.63) is 27.9 Å². The first kappa shape index (κ1) is 7.80. The molecule has 0 amide bonds. The van der Waals surface area contributed by atoms with Gasteiger partial charge in [-0.25, -0.2) is 0 Å². The molecule has 1 heterocycles. The summed E-state index contributed by atoms with van der Waals surface area (Å²) < 4.78 is 1.11. The van der Waals surface area contributed by atoms with Crippen molar-refractivity contribution in [1.29, 1.82) is 0 Å². The maximum atomic E-state index is 4.18. The van der Waals surface area contributed by atoms with Crippen molar-refractivity contribution >= 4 is 26.8 Å². The maximum Gasteiger partial charge on any atom is 0.0937 e. The lowest BCUT2D eigenvalue weighted by Gasteiger charge is -1.96. The Kier molecular flexibility index (Phi) is 1.68. The minimum Gasteiger partial charge on any atom is -0.282 e. The molecule has 1 aromatic heterocycles. The third kappa shape index (κ3) is 1.05. The van der Waals surface area contributed by atoms with Gasteiger partial charge in [-0.05, 0) is 31.5 Å². The third-order valence-corrected chi connectivity index (χ3v) is 2.56. The number of benzene rings is 1. The second-order valence-electron chi connectivity index (χ2n) is 2.99. The molecule has 0 aliphatic heterocycles. The Labute approximate surface area is 79.1 Å². The summed E-state index contributed by atoms with van der Waals surface area (Å²) in [5, 5.41) is 8.33. The van der Waals surface area contributed by atoms with Crippen LogP contribution in [0.1, 0.15) is 11.3 Å². The molecule has 0 saturated heterocycles. The molecule has 62 valence electrons. The molecule has 0 fully saturated rings. The van der Waals surface area contributed by atoms with Gasteiger partial charge in [-0.3, -0.25) is 5.10 Å². The van der Waals surface area contributed by atoms with Crippen LogP contribution >= 0.6 is 15.9 Å². The van der Waals surface area contributed by atoms with Gasteiger partial charge in [0.1, 0.15) is 0 Å². The van der Waals surface area contributed by atoms with Gasteiger partial charge < -0.3 is 0 Å². The summed E-state index contributed by atoms with van der Waals surface area (Å²) in [5.41, 5.74) is 3.36. The first-order valence-electron chi connectivity index (χ1n) is 3.79. The number of rotatable bonds is 0. The number of H-pyrrole nitrogens is 1. The average molecular weight is 225 g/mol. The highest BCUT2D eigenvalue weighted by molar-refractivity contribution is 9.10. The van der Waals surface area contributed by atoms with Gasteiger partial charge in [0.2, 0.25) is 0 Å². The van der Waals surface area contributed by atoms with Gasteiger partial charge >= 0.3 is 0 Å². The number of aryl methyl sites for hydroxylation is 2. The fourth-order valence-corrected chi connectivity index (χ4v) is 2.24. The first-order chi connectivity index (χ1) is 5.68. The minimum atomic E-state index is 1.03. The van der Waals surface area contributed by atoms with Crippen LogP contribution in [0.3, 0.4) is 0 Å². The molecule has 3 heteroatoms.